The summed E-state index contributed by atoms with van der Waals surface area (Å²) in [6.07, 6.45) is 3.24. The maximum atomic E-state index is 13.2. The largest absolute Gasteiger partial charge is 0.493 e. The second kappa shape index (κ2) is 9.22. The van der Waals surface area contributed by atoms with Crippen molar-refractivity contribution < 1.29 is 13.2 Å². The monoisotopic (exact) mass is 397 g/mol. The van der Waals surface area contributed by atoms with Crippen LogP contribution in [0.2, 0.25) is 0 Å². The van der Waals surface area contributed by atoms with Crippen LogP contribution in [0.25, 0.3) is 10.8 Å². The Kier molecular flexibility index (Phi) is 6.70. The van der Waals surface area contributed by atoms with Crippen LogP contribution in [0.3, 0.4) is 0 Å². The third kappa shape index (κ3) is 4.54. The SMILES string of the molecule is CCCCCOc1ccc(S(=O)(=O)N(C)Cc2ccccc2)c2ccccc12. The molecule has 0 fully saturated rings. The van der Waals surface area contributed by atoms with Gasteiger partial charge in [-0.25, -0.2) is 8.42 Å². The Morgan fingerprint density at radius 3 is 2.25 bits per heavy atom. The quantitative estimate of drug-likeness (QED) is 0.465. The summed E-state index contributed by atoms with van der Waals surface area (Å²) in [5, 5.41) is 1.52. The lowest BCUT2D eigenvalue weighted by atomic mass is 10.1. The molecule has 0 spiro atoms. The Labute approximate surface area is 167 Å². The number of benzene rings is 3. The molecule has 3 aromatic rings. The number of rotatable bonds is 9. The van der Waals surface area contributed by atoms with E-state index in [1.165, 1.54) is 4.31 Å². The first-order valence-electron chi connectivity index (χ1n) is 9.69. The van der Waals surface area contributed by atoms with Crippen molar-refractivity contribution in [1.29, 1.82) is 0 Å². The van der Waals surface area contributed by atoms with Crippen LogP contribution in [0.15, 0.2) is 71.6 Å². The van der Waals surface area contributed by atoms with Crippen molar-refractivity contribution in [3.05, 3.63) is 72.3 Å². The lowest BCUT2D eigenvalue weighted by molar-refractivity contribution is 0.309. The highest BCUT2D eigenvalue weighted by atomic mass is 32.2. The molecule has 0 aliphatic heterocycles. The average Bonchev–Trinajstić information content (AvgIpc) is 2.71. The van der Waals surface area contributed by atoms with Crippen molar-refractivity contribution in [2.75, 3.05) is 13.7 Å². The first kappa shape index (κ1) is 20.4. The molecule has 0 amide bonds. The van der Waals surface area contributed by atoms with Crippen LogP contribution in [0.4, 0.5) is 0 Å². The molecule has 0 heterocycles. The lowest BCUT2D eigenvalue weighted by Gasteiger charge is -2.19. The van der Waals surface area contributed by atoms with E-state index in [4.69, 9.17) is 4.74 Å². The Hall–Kier alpha value is -2.37. The second-order valence-electron chi connectivity index (χ2n) is 6.91. The molecule has 0 radical (unpaired) electrons. The van der Waals surface area contributed by atoms with Crippen LogP contribution in [0.1, 0.15) is 31.7 Å². The fourth-order valence-corrected chi connectivity index (χ4v) is 4.57. The van der Waals surface area contributed by atoms with Crippen molar-refractivity contribution in [3.8, 4) is 5.75 Å². The van der Waals surface area contributed by atoms with Gasteiger partial charge in [-0.3, -0.25) is 0 Å². The highest BCUT2D eigenvalue weighted by molar-refractivity contribution is 7.89. The Balaban J connectivity index is 1.92. The molecule has 0 bridgehead atoms. The van der Waals surface area contributed by atoms with Gasteiger partial charge in [0.05, 0.1) is 11.5 Å². The van der Waals surface area contributed by atoms with Gasteiger partial charge in [0.25, 0.3) is 0 Å². The molecular formula is C23H27NO3S. The summed E-state index contributed by atoms with van der Waals surface area (Å²) in [6, 6.07) is 20.6. The zero-order valence-corrected chi connectivity index (χ0v) is 17.3. The van der Waals surface area contributed by atoms with Gasteiger partial charge in [-0.1, -0.05) is 74.4 Å². The number of sulfonamides is 1. The molecule has 148 valence electrons. The van der Waals surface area contributed by atoms with E-state index in [0.717, 1.165) is 36.0 Å². The van der Waals surface area contributed by atoms with E-state index in [-0.39, 0.29) is 0 Å². The van der Waals surface area contributed by atoms with E-state index in [1.807, 2.05) is 54.6 Å². The van der Waals surface area contributed by atoms with Crippen LogP contribution < -0.4 is 4.74 Å². The number of unbranched alkanes of at least 4 members (excludes halogenated alkanes) is 2. The number of hydrogen-bond acceptors (Lipinski definition) is 3. The molecule has 28 heavy (non-hydrogen) atoms. The number of fused-ring (bicyclic) bond motifs is 1. The van der Waals surface area contributed by atoms with E-state index >= 15 is 0 Å². The van der Waals surface area contributed by atoms with E-state index in [9.17, 15) is 8.42 Å². The third-order valence-corrected chi connectivity index (χ3v) is 6.65. The molecule has 0 N–H and O–H groups in total. The van der Waals surface area contributed by atoms with E-state index in [0.29, 0.717) is 23.4 Å². The van der Waals surface area contributed by atoms with Crippen molar-refractivity contribution in [2.24, 2.45) is 0 Å². The zero-order chi connectivity index (χ0) is 20.0. The first-order valence-corrected chi connectivity index (χ1v) is 11.1. The Morgan fingerprint density at radius 2 is 1.54 bits per heavy atom. The van der Waals surface area contributed by atoms with Crippen LogP contribution in [-0.4, -0.2) is 26.4 Å². The van der Waals surface area contributed by atoms with Crippen molar-refractivity contribution in [1.82, 2.24) is 4.31 Å². The van der Waals surface area contributed by atoms with Crippen LogP contribution >= 0.6 is 0 Å². The van der Waals surface area contributed by atoms with Crippen LogP contribution in [0.5, 0.6) is 5.75 Å². The fourth-order valence-electron chi connectivity index (χ4n) is 3.22. The van der Waals surface area contributed by atoms with Gasteiger partial charge in [0.15, 0.2) is 0 Å². The van der Waals surface area contributed by atoms with Gasteiger partial charge in [-0.05, 0) is 24.1 Å². The topological polar surface area (TPSA) is 46.6 Å². The van der Waals surface area contributed by atoms with Gasteiger partial charge in [0.1, 0.15) is 5.75 Å². The molecule has 0 saturated heterocycles. The van der Waals surface area contributed by atoms with E-state index < -0.39 is 10.0 Å². The minimum Gasteiger partial charge on any atom is -0.493 e. The zero-order valence-electron chi connectivity index (χ0n) is 16.5. The molecule has 3 rings (SSSR count). The summed E-state index contributed by atoms with van der Waals surface area (Å²) in [6.45, 7) is 3.12. The van der Waals surface area contributed by atoms with Crippen molar-refractivity contribution in [2.45, 2.75) is 37.6 Å². The average molecular weight is 398 g/mol. The fraction of sp³-hybridized carbons (Fsp3) is 0.304. The summed E-state index contributed by atoms with van der Waals surface area (Å²) in [4.78, 5) is 0.308. The summed E-state index contributed by atoms with van der Waals surface area (Å²) in [5.41, 5.74) is 0.953. The summed E-state index contributed by atoms with van der Waals surface area (Å²) in [7, 11) is -2.01. The predicted molar refractivity (Wildman–Crippen MR) is 114 cm³/mol. The Morgan fingerprint density at radius 1 is 0.857 bits per heavy atom. The molecule has 3 aromatic carbocycles. The summed E-state index contributed by atoms with van der Waals surface area (Å²) in [5.74, 6) is 0.733. The van der Waals surface area contributed by atoms with Gasteiger partial charge >= 0.3 is 0 Å². The molecule has 0 saturated carbocycles. The molecule has 0 aliphatic carbocycles. The van der Waals surface area contributed by atoms with Gasteiger partial charge < -0.3 is 4.74 Å². The first-order chi connectivity index (χ1) is 13.5. The van der Waals surface area contributed by atoms with E-state index in [1.54, 1.807) is 19.2 Å². The predicted octanol–water partition coefficient (Wildman–Crippen LogP) is 5.23. The smallest absolute Gasteiger partial charge is 0.243 e. The van der Waals surface area contributed by atoms with E-state index in [2.05, 4.69) is 6.92 Å². The maximum Gasteiger partial charge on any atom is 0.243 e. The standard InChI is InChI=1S/C23H27NO3S/c1-3-4-10-17-27-22-15-16-23(21-14-9-8-13-20(21)22)28(25,26)24(2)18-19-11-6-5-7-12-19/h5-9,11-16H,3-4,10,17-18H2,1-2H3. The van der Waals surface area contributed by atoms with Crippen LogP contribution in [-0.2, 0) is 16.6 Å². The maximum absolute atomic E-state index is 13.2. The third-order valence-electron chi connectivity index (χ3n) is 4.79. The highest BCUT2D eigenvalue weighted by Crippen LogP contribution is 2.32. The second-order valence-corrected chi connectivity index (χ2v) is 8.92. The normalized spacial score (nSPS) is 11.8. The molecule has 0 aliphatic rings. The molecule has 0 atom stereocenters. The summed E-state index contributed by atoms with van der Waals surface area (Å²) < 4.78 is 33.8. The number of nitrogens with zero attached hydrogens (tertiary/aromatic N) is 1. The van der Waals surface area contributed by atoms with Crippen LogP contribution in [0, 0.1) is 0 Å². The minimum atomic E-state index is -3.63. The van der Waals surface area contributed by atoms with Gasteiger partial charge in [-0.2, -0.15) is 4.31 Å². The van der Waals surface area contributed by atoms with Gasteiger partial charge in [0, 0.05) is 24.4 Å². The lowest BCUT2D eigenvalue weighted by Crippen LogP contribution is -2.26. The summed E-state index contributed by atoms with van der Waals surface area (Å²) >= 11 is 0. The number of ether oxygens (including phenoxy) is 1. The minimum absolute atomic E-state index is 0.308. The molecule has 5 heteroatoms. The van der Waals surface area contributed by atoms with Gasteiger partial charge in [0.2, 0.25) is 10.0 Å². The van der Waals surface area contributed by atoms with Crippen molar-refractivity contribution in [3.63, 3.8) is 0 Å². The highest BCUT2D eigenvalue weighted by Gasteiger charge is 2.24. The molecule has 0 unspecified atom stereocenters. The molecular weight excluding hydrogens is 370 g/mol. The molecule has 0 aromatic heterocycles. The molecule has 4 nitrogen and oxygen atoms in total. The Bertz CT molecular complexity index is 1020. The van der Waals surface area contributed by atoms with Gasteiger partial charge in [-0.15, -0.1) is 0 Å². The van der Waals surface area contributed by atoms with Crippen molar-refractivity contribution >= 4 is 20.8 Å². The number of hydrogen-bond donors (Lipinski definition) is 0.